The van der Waals surface area contributed by atoms with Crippen LogP contribution >= 0.6 is 15.9 Å². The van der Waals surface area contributed by atoms with Gasteiger partial charge in [0.25, 0.3) is 11.6 Å². The molecule has 2 rings (SSSR count). The number of aromatic nitrogens is 2. The quantitative estimate of drug-likeness (QED) is 0.876. The second-order valence-corrected chi connectivity index (χ2v) is 4.79. The van der Waals surface area contributed by atoms with Gasteiger partial charge in [0.15, 0.2) is 0 Å². The van der Waals surface area contributed by atoms with Crippen LogP contribution in [-0.2, 0) is 11.3 Å². The number of aliphatic hydroxyl groups is 1. The SMILES string of the molecule is O=C(Cn1cc(Br)cn1)N1N=CC[C@@]1(O)C(F)(F)F. The molecule has 1 aromatic heterocycles. The van der Waals surface area contributed by atoms with E-state index >= 15 is 0 Å². The molecule has 0 saturated heterocycles. The number of rotatable bonds is 2. The molecule has 1 aliphatic rings. The van der Waals surface area contributed by atoms with Gasteiger partial charge >= 0.3 is 6.18 Å². The Morgan fingerprint density at radius 1 is 1.58 bits per heavy atom. The van der Waals surface area contributed by atoms with Crippen molar-refractivity contribution in [2.75, 3.05) is 0 Å². The number of halogens is 4. The van der Waals surface area contributed by atoms with Crippen molar-refractivity contribution in [1.82, 2.24) is 14.8 Å². The highest BCUT2D eigenvalue weighted by Gasteiger charge is 2.61. The van der Waals surface area contributed by atoms with Gasteiger partial charge in [0.2, 0.25) is 0 Å². The Morgan fingerprint density at radius 2 is 2.26 bits per heavy atom. The third kappa shape index (κ3) is 2.50. The Morgan fingerprint density at radius 3 is 2.79 bits per heavy atom. The van der Waals surface area contributed by atoms with Crippen molar-refractivity contribution >= 4 is 28.1 Å². The number of amides is 1. The van der Waals surface area contributed by atoms with Crippen LogP contribution in [0, 0.1) is 0 Å². The van der Waals surface area contributed by atoms with Gasteiger partial charge in [-0.25, -0.2) is 0 Å². The number of carbonyl (C=O) groups excluding carboxylic acids is 1. The summed E-state index contributed by atoms with van der Waals surface area (Å²) in [5.74, 6) is -1.01. The molecule has 0 fully saturated rings. The summed E-state index contributed by atoms with van der Waals surface area (Å²) in [7, 11) is 0. The second-order valence-electron chi connectivity index (χ2n) is 3.88. The number of nitrogens with zero attached hydrogens (tertiary/aromatic N) is 4. The monoisotopic (exact) mass is 340 g/mol. The van der Waals surface area contributed by atoms with Crippen LogP contribution in [0.15, 0.2) is 22.0 Å². The van der Waals surface area contributed by atoms with Crippen LogP contribution in [0.4, 0.5) is 13.2 Å². The van der Waals surface area contributed by atoms with E-state index in [2.05, 4.69) is 26.1 Å². The molecule has 2 heterocycles. The summed E-state index contributed by atoms with van der Waals surface area (Å²) in [6, 6.07) is 0. The van der Waals surface area contributed by atoms with Crippen LogP contribution in [0.25, 0.3) is 0 Å². The van der Waals surface area contributed by atoms with Crippen LogP contribution in [0.3, 0.4) is 0 Å². The van der Waals surface area contributed by atoms with Gasteiger partial charge in [0, 0.05) is 18.8 Å². The van der Waals surface area contributed by atoms with Crippen LogP contribution in [0.2, 0.25) is 0 Å². The molecule has 19 heavy (non-hydrogen) atoms. The molecule has 1 aliphatic heterocycles. The third-order valence-electron chi connectivity index (χ3n) is 2.51. The minimum atomic E-state index is -4.98. The van der Waals surface area contributed by atoms with Gasteiger partial charge in [0.05, 0.1) is 10.7 Å². The molecule has 0 radical (unpaired) electrons. The molecule has 1 N–H and O–H groups in total. The van der Waals surface area contributed by atoms with Gasteiger partial charge in [-0.15, -0.1) is 0 Å². The lowest BCUT2D eigenvalue weighted by atomic mass is 10.1. The first-order chi connectivity index (χ1) is 8.74. The largest absolute Gasteiger partial charge is 0.438 e. The zero-order chi connectivity index (χ0) is 14.3. The molecule has 0 bridgehead atoms. The Bertz CT molecular complexity index is 530. The molecule has 0 aliphatic carbocycles. The molecule has 1 aromatic rings. The van der Waals surface area contributed by atoms with Crippen molar-refractivity contribution in [3.8, 4) is 0 Å². The maximum atomic E-state index is 12.7. The van der Waals surface area contributed by atoms with E-state index in [1.54, 1.807) is 0 Å². The zero-order valence-electron chi connectivity index (χ0n) is 9.30. The van der Waals surface area contributed by atoms with E-state index in [-0.39, 0.29) is 5.01 Å². The van der Waals surface area contributed by atoms with Gasteiger partial charge in [-0.3, -0.25) is 9.48 Å². The van der Waals surface area contributed by atoms with Crippen molar-refractivity contribution in [1.29, 1.82) is 0 Å². The van der Waals surface area contributed by atoms with Crippen LogP contribution in [0.1, 0.15) is 6.42 Å². The Balaban J connectivity index is 2.16. The molecule has 104 valence electrons. The van der Waals surface area contributed by atoms with E-state index in [4.69, 9.17) is 0 Å². The Kier molecular flexibility index (Phi) is 3.39. The standard InChI is InChI=1S/C9H8BrF3N4O2/c10-6-3-15-16(4-6)5-7(18)17-8(19,1-2-14-17)9(11,12)13/h2-4,19H,1,5H2/t8-/m1/s1. The fourth-order valence-corrected chi connectivity index (χ4v) is 1.90. The molecule has 1 amide bonds. The first-order valence-electron chi connectivity index (χ1n) is 5.06. The molecule has 0 unspecified atom stereocenters. The average molecular weight is 341 g/mol. The van der Waals surface area contributed by atoms with Crippen molar-refractivity contribution in [2.24, 2.45) is 5.10 Å². The molecule has 0 spiro atoms. The molecule has 0 aromatic carbocycles. The zero-order valence-corrected chi connectivity index (χ0v) is 10.9. The van der Waals surface area contributed by atoms with Gasteiger partial charge in [-0.2, -0.15) is 28.4 Å². The molecule has 1 atom stereocenters. The first kappa shape index (κ1) is 14.0. The molecule has 6 nitrogen and oxygen atoms in total. The fourth-order valence-electron chi connectivity index (χ4n) is 1.57. The molecular weight excluding hydrogens is 333 g/mol. The fraction of sp³-hybridized carbons (Fsp3) is 0.444. The van der Waals surface area contributed by atoms with Crippen molar-refractivity contribution in [2.45, 2.75) is 24.9 Å². The number of alkyl halides is 3. The smallest absolute Gasteiger partial charge is 0.362 e. The summed E-state index contributed by atoms with van der Waals surface area (Å²) in [5.41, 5.74) is -3.28. The molecular formula is C9H8BrF3N4O2. The van der Waals surface area contributed by atoms with E-state index in [1.165, 1.54) is 12.4 Å². The summed E-state index contributed by atoms with van der Waals surface area (Å²) in [6.07, 6.45) is -2.11. The predicted octanol–water partition coefficient (Wildman–Crippen LogP) is 1.11. The lowest BCUT2D eigenvalue weighted by Crippen LogP contribution is -2.57. The highest BCUT2D eigenvalue weighted by molar-refractivity contribution is 9.10. The van der Waals surface area contributed by atoms with E-state index < -0.39 is 30.8 Å². The summed E-state index contributed by atoms with van der Waals surface area (Å²) in [4.78, 5) is 11.8. The average Bonchev–Trinajstić information content (AvgIpc) is 2.85. The summed E-state index contributed by atoms with van der Waals surface area (Å²) < 4.78 is 39.9. The highest BCUT2D eigenvalue weighted by atomic mass is 79.9. The second kappa shape index (κ2) is 4.60. The normalized spacial score (nSPS) is 23.1. The van der Waals surface area contributed by atoms with Crippen molar-refractivity contribution in [3.05, 3.63) is 16.9 Å². The lowest BCUT2D eigenvalue weighted by Gasteiger charge is -2.32. The maximum Gasteiger partial charge on any atom is 0.438 e. The van der Waals surface area contributed by atoms with E-state index in [0.717, 1.165) is 10.9 Å². The highest BCUT2D eigenvalue weighted by Crippen LogP contribution is 2.38. The third-order valence-corrected chi connectivity index (χ3v) is 2.92. The summed E-state index contributed by atoms with van der Waals surface area (Å²) in [5, 5.41) is 16.6. The number of hydrogen-bond donors (Lipinski definition) is 1. The topological polar surface area (TPSA) is 70.7 Å². The minimum Gasteiger partial charge on any atom is -0.362 e. The number of hydrazone groups is 1. The summed E-state index contributed by atoms with van der Waals surface area (Å²) >= 11 is 3.09. The van der Waals surface area contributed by atoms with Gasteiger partial charge in [0.1, 0.15) is 6.54 Å². The summed E-state index contributed by atoms with van der Waals surface area (Å²) in [6.45, 7) is -0.457. The van der Waals surface area contributed by atoms with Gasteiger partial charge in [-0.1, -0.05) is 0 Å². The Labute approximate surface area is 113 Å². The van der Waals surface area contributed by atoms with Crippen molar-refractivity contribution in [3.63, 3.8) is 0 Å². The maximum absolute atomic E-state index is 12.7. The number of carbonyl (C=O) groups is 1. The first-order valence-corrected chi connectivity index (χ1v) is 5.86. The van der Waals surface area contributed by atoms with E-state index in [1.807, 2.05) is 0 Å². The van der Waals surface area contributed by atoms with Gasteiger partial charge < -0.3 is 5.11 Å². The minimum absolute atomic E-state index is 0.0442. The predicted molar refractivity (Wildman–Crippen MR) is 60.9 cm³/mol. The molecule has 0 saturated carbocycles. The van der Waals surface area contributed by atoms with E-state index in [0.29, 0.717) is 4.47 Å². The van der Waals surface area contributed by atoms with Crippen molar-refractivity contribution < 1.29 is 23.1 Å². The molecule has 10 heteroatoms. The van der Waals surface area contributed by atoms with Gasteiger partial charge in [-0.05, 0) is 15.9 Å². The Hall–Kier alpha value is -1.42. The number of hydrogen-bond acceptors (Lipinski definition) is 4. The van der Waals surface area contributed by atoms with Crippen LogP contribution in [0.5, 0.6) is 0 Å². The van der Waals surface area contributed by atoms with E-state index in [9.17, 15) is 23.1 Å². The van der Waals surface area contributed by atoms with Crippen LogP contribution < -0.4 is 0 Å². The van der Waals surface area contributed by atoms with Crippen LogP contribution in [-0.4, -0.2) is 43.9 Å². The lowest BCUT2D eigenvalue weighted by molar-refractivity contribution is -0.302.